The highest BCUT2D eigenvalue weighted by Gasteiger charge is 2.19. The van der Waals surface area contributed by atoms with Gasteiger partial charge < -0.3 is 0 Å². The number of rotatable bonds is 6. The van der Waals surface area contributed by atoms with Crippen molar-refractivity contribution in [2.45, 2.75) is 13.5 Å². The Morgan fingerprint density at radius 1 is 1.07 bits per heavy atom. The lowest BCUT2D eigenvalue weighted by Crippen LogP contribution is -2.48. The zero-order valence-electron chi connectivity index (χ0n) is 15.6. The number of hydrogen-bond donors (Lipinski definition) is 1. The molecule has 1 fully saturated rings. The number of hydrazone groups is 1. The third-order valence-electron chi connectivity index (χ3n) is 4.66. The van der Waals surface area contributed by atoms with Crippen LogP contribution in [0.25, 0.3) is 0 Å². The number of halogens is 1. The predicted molar refractivity (Wildman–Crippen MR) is 110 cm³/mol. The SMILES string of the molecule is Cc1ccc(/C=N\NC(=O)CN2CCN(Cc3ccccc3Cl)CC2)cc1. The molecule has 0 bridgehead atoms. The topological polar surface area (TPSA) is 47.9 Å². The van der Waals surface area contributed by atoms with Crippen molar-refractivity contribution in [2.24, 2.45) is 5.10 Å². The predicted octanol–water partition coefficient (Wildman–Crippen LogP) is 2.92. The van der Waals surface area contributed by atoms with Crippen LogP contribution in [-0.4, -0.2) is 54.6 Å². The van der Waals surface area contributed by atoms with E-state index in [1.807, 2.05) is 49.4 Å². The third-order valence-corrected chi connectivity index (χ3v) is 5.03. The van der Waals surface area contributed by atoms with Crippen LogP contribution in [0.15, 0.2) is 53.6 Å². The van der Waals surface area contributed by atoms with Gasteiger partial charge in [0.25, 0.3) is 5.91 Å². The number of benzene rings is 2. The number of carbonyl (C=O) groups excluding carboxylic acids is 1. The van der Waals surface area contributed by atoms with Crippen LogP contribution in [0.4, 0.5) is 0 Å². The Bertz CT molecular complexity index is 783. The molecular formula is C21H25ClN4O. The van der Waals surface area contributed by atoms with Gasteiger partial charge in [-0.1, -0.05) is 59.6 Å². The van der Waals surface area contributed by atoms with Gasteiger partial charge in [0, 0.05) is 37.7 Å². The van der Waals surface area contributed by atoms with Gasteiger partial charge in [0.05, 0.1) is 12.8 Å². The quantitative estimate of drug-likeness (QED) is 0.615. The van der Waals surface area contributed by atoms with Crippen molar-refractivity contribution in [2.75, 3.05) is 32.7 Å². The van der Waals surface area contributed by atoms with E-state index in [1.165, 1.54) is 5.56 Å². The molecule has 1 amide bonds. The highest BCUT2D eigenvalue weighted by atomic mass is 35.5. The molecule has 1 N–H and O–H groups in total. The van der Waals surface area contributed by atoms with E-state index in [0.29, 0.717) is 6.54 Å². The van der Waals surface area contributed by atoms with E-state index in [1.54, 1.807) is 6.21 Å². The second kappa shape index (κ2) is 9.65. The van der Waals surface area contributed by atoms with Gasteiger partial charge in [-0.05, 0) is 24.1 Å². The van der Waals surface area contributed by atoms with E-state index in [0.717, 1.165) is 48.9 Å². The van der Waals surface area contributed by atoms with Gasteiger partial charge in [0.1, 0.15) is 0 Å². The van der Waals surface area contributed by atoms with Gasteiger partial charge in [-0.3, -0.25) is 14.6 Å². The van der Waals surface area contributed by atoms with Crippen molar-refractivity contribution >= 4 is 23.7 Å². The van der Waals surface area contributed by atoms with Crippen LogP contribution in [0, 0.1) is 6.92 Å². The summed E-state index contributed by atoms with van der Waals surface area (Å²) in [5.41, 5.74) is 5.92. The highest BCUT2D eigenvalue weighted by Crippen LogP contribution is 2.17. The van der Waals surface area contributed by atoms with Crippen molar-refractivity contribution in [1.82, 2.24) is 15.2 Å². The van der Waals surface area contributed by atoms with Crippen LogP contribution in [0.1, 0.15) is 16.7 Å². The number of amides is 1. The van der Waals surface area contributed by atoms with Crippen molar-refractivity contribution in [3.05, 3.63) is 70.2 Å². The normalized spacial score (nSPS) is 15.9. The van der Waals surface area contributed by atoms with Crippen molar-refractivity contribution < 1.29 is 4.79 Å². The van der Waals surface area contributed by atoms with E-state index < -0.39 is 0 Å². The molecule has 1 heterocycles. The maximum atomic E-state index is 12.1. The van der Waals surface area contributed by atoms with Gasteiger partial charge in [0.15, 0.2) is 0 Å². The minimum Gasteiger partial charge on any atom is -0.296 e. The maximum absolute atomic E-state index is 12.1. The molecule has 2 aromatic rings. The first kappa shape index (κ1) is 19.5. The van der Waals surface area contributed by atoms with Crippen molar-refractivity contribution in [1.29, 1.82) is 0 Å². The summed E-state index contributed by atoms with van der Waals surface area (Å²) in [6, 6.07) is 15.9. The molecule has 5 nitrogen and oxygen atoms in total. The smallest absolute Gasteiger partial charge is 0.254 e. The summed E-state index contributed by atoms with van der Waals surface area (Å²) in [5, 5.41) is 4.85. The molecule has 0 spiro atoms. The average Bonchev–Trinajstić information content (AvgIpc) is 2.67. The van der Waals surface area contributed by atoms with Gasteiger partial charge in [-0.15, -0.1) is 0 Å². The number of nitrogens with one attached hydrogen (secondary N) is 1. The summed E-state index contributed by atoms with van der Waals surface area (Å²) in [5.74, 6) is -0.0853. The molecule has 142 valence electrons. The monoisotopic (exact) mass is 384 g/mol. The Morgan fingerprint density at radius 3 is 2.44 bits per heavy atom. The zero-order valence-corrected chi connectivity index (χ0v) is 16.3. The summed E-state index contributed by atoms with van der Waals surface area (Å²) in [4.78, 5) is 16.6. The maximum Gasteiger partial charge on any atom is 0.254 e. The van der Waals surface area contributed by atoms with Crippen molar-refractivity contribution in [3.63, 3.8) is 0 Å². The van der Waals surface area contributed by atoms with Crippen LogP contribution >= 0.6 is 11.6 Å². The molecule has 6 heteroatoms. The highest BCUT2D eigenvalue weighted by molar-refractivity contribution is 6.31. The van der Waals surface area contributed by atoms with Crippen molar-refractivity contribution in [3.8, 4) is 0 Å². The number of nitrogens with zero attached hydrogens (tertiary/aromatic N) is 3. The van der Waals surface area contributed by atoms with Gasteiger partial charge in [-0.25, -0.2) is 5.43 Å². The summed E-state index contributed by atoms with van der Waals surface area (Å²) < 4.78 is 0. The Kier molecular flexibility index (Phi) is 6.98. The minimum atomic E-state index is -0.0853. The first-order valence-corrected chi connectivity index (χ1v) is 9.54. The first-order valence-electron chi connectivity index (χ1n) is 9.17. The second-order valence-electron chi connectivity index (χ2n) is 6.85. The van der Waals surface area contributed by atoms with Crippen LogP contribution in [0.5, 0.6) is 0 Å². The largest absolute Gasteiger partial charge is 0.296 e. The Hall–Kier alpha value is -2.21. The van der Waals surface area contributed by atoms with Crippen LogP contribution in [-0.2, 0) is 11.3 Å². The third kappa shape index (κ3) is 6.17. The summed E-state index contributed by atoms with van der Waals surface area (Å²) in [6.07, 6.45) is 1.67. The molecular weight excluding hydrogens is 360 g/mol. The average molecular weight is 385 g/mol. The molecule has 0 atom stereocenters. The molecule has 0 aliphatic carbocycles. The first-order chi connectivity index (χ1) is 13.1. The van der Waals surface area contributed by atoms with Crippen LogP contribution in [0.2, 0.25) is 5.02 Å². The molecule has 1 saturated heterocycles. The van der Waals surface area contributed by atoms with E-state index in [-0.39, 0.29) is 5.91 Å². The van der Waals surface area contributed by atoms with Gasteiger partial charge in [-0.2, -0.15) is 5.10 Å². The van der Waals surface area contributed by atoms with E-state index in [4.69, 9.17) is 11.6 Å². The number of piperazine rings is 1. The number of carbonyl (C=O) groups is 1. The van der Waals surface area contributed by atoms with Crippen LogP contribution in [0.3, 0.4) is 0 Å². The molecule has 2 aromatic carbocycles. The standard InChI is InChI=1S/C21H25ClN4O/c1-17-6-8-18(9-7-17)14-23-24-21(27)16-26-12-10-25(11-13-26)15-19-4-2-3-5-20(19)22/h2-9,14H,10-13,15-16H2,1H3,(H,24,27)/b23-14-. The summed E-state index contributed by atoms with van der Waals surface area (Å²) >= 11 is 6.24. The zero-order chi connectivity index (χ0) is 19.1. The molecule has 1 aliphatic rings. The minimum absolute atomic E-state index is 0.0853. The van der Waals surface area contributed by atoms with E-state index >= 15 is 0 Å². The number of hydrogen-bond acceptors (Lipinski definition) is 4. The second-order valence-corrected chi connectivity index (χ2v) is 7.25. The Balaban J connectivity index is 1.39. The van der Waals surface area contributed by atoms with Crippen LogP contribution < -0.4 is 5.43 Å². The lowest BCUT2D eigenvalue weighted by molar-refractivity contribution is -0.122. The molecule has 0 saturated carbocycles. The molecule has 27 heavy (non-hydrogen) atoms. The Labute approximate surface area is 165 Å². The lowest BCUT2D eigenvalue weighted by Gasteiger charge is -2.34. The van der Waals surface area contributed by atoms with Gasteiger partial charge in [0.2, 0.25) is 0 Å². The molecule has 0 radical (unpaired) electrons. The summed E-state index contributed by atoms with van der Waals surface area (Å²) in [7, 11) is 0. The fourth-order valence-electron chi connectivity index (χ4n) is 3.04. The fourth-order valence-corrected chi connectivity index (χ4v) is 3.24. The van der Waals surface area contributed by atoms with E-state index in [9.17, 15) is 4.79 Å². The number of aryl methyl sites for hydroxylation is 1. The molecule has 3 rings (SSSR count). The Morgan fingerprint density at radius 2 is 1.74 bits per heavy atom. The van der Waals surface area contributed by atoms with Gasteiger partial charge >= 0.3 is 0 Å². The van der Waals surface area contributed by atoms with E-state index in [2.05, 4.69) is 26.4 Å². The lowest BCUT2D eigenvalue weighted by atomic mass is 10.2. The molecule has 0 unspecified atom stereocenters. The fraction of sp³-hybridized carbons (Fsp3) is 0.333. The molecule has 0 aromatic heterocycles. The summed E-state index contributed by atoms with van der Waals surface area (Å²) in [6.45, 7) is 6.82. The molecule has 1 aliphatic heterocycles.